The van der Waals surface area contributed by atoms with E-state index in [1.54, 1.807) is 18.1 Å². The van der Waals surface area contributed by atoms with Gasteiger partial charge in [0, 0.05) is 25.8 Å². The van der Waals surface area contributed by atoms with Gasteiger partial charge in [-0.2, -0.15) is 5.10 Å². The maximum atomic E-state index is 11.5. The molecule has 0 aliphatic carbocycles. The standard InChI is InChI=1S/C10H18N4O/c1-5-13(4)10(15)12-9-6-11-14(7-9)8(2)3/h6-8H,5H2,1-4H3,(H,12,15). The Morgan fingerprint density at radius 1 is 1.67 bits per heavy atom. The molecule has 0 bridgehead atoms. The van der Waals surface area contributed by atoms with Gasteiger partial charge in [0.1, 0.15) is 0 Å². The molecule has 0 fully saturated rings. The number of nitrogens with one attached hydrogen (secondary N) is 1. The third-order valence-electron chi connectivity index (χ3n) is 2.20. The van der Waals surface area contributed by atoms with Crippen LogP contribution < -0.4 is 5.32 Å². The number of nitrogens with zero attached hydrogens (tertiary/aromatic N) is 3. The first-order valence-corrected chi connectivity index (χ1v) is 5.10. The fraction of sp³-hybridized carbons (Fsp3) is 0.600. The fourth-order valence-electron chi connectivity index (χ4n) is 1.05. The average Bonchev–Trinajstić information content (AvgIpc) is 2.65. The molecule has 15 heavy (non-hydrogen) atoms. The van der Waals surface area contributed by atoms with Gasteiger partial charge in [0.05, 0.1) is 11.9 Å². The molecule has 0 radical (unpaired) electrons. The van der Waals surface area contributed by atoms with E-state index in [9.17, 15) is 4.79 Å². The Labute approximate surface area is 90.1 Å². The summed E-state index contributed by atoms with van der Waals surface area (Å²) in [6, 6.07) is 0.195. The van der Waals surface area contributed by atoms with E-state index in [1.165, 1.54) is 0 Å². The van der Waals surface area contributed by atoms with E-state index in [-0.39, 0.29) is 6.03 Å². The summed E-state index contributed by atoms with van der Waals surface area (Å²) >= 11 is 0. The zero-order valence-electron chi connectivity index (χ0n) is 9.69. The Kier molecular flexibility index (Phi) is 3.71. The van der Waals surface area contributed by atoms with Crippen molar-refractivity contribution in [1.82, 2.24) is 14.7 Å². The zero-order chi connectivity index (χ0) is 11.4. The van der Waals surface area contributed by atoms with Crippen LogP contribution in [-0.4, -0.2) is 34.3 Å². The lowest BCUT2D eigenvalue weighted by molar-refractivity contribution is 0.224. The molecule has 1 N–H and O–H groups in total. The summed E-state index contributed by atoms with van der Waals surface area (Å²) < 4.78 is 1.81. The number of anilines is 1. The third-order valence-corrected chi connectivity index (χ3v) is 2.20. The van der Waals surface area contributed by atoms with Crippen molar-refractivity contribution in [2.45, 2.75) is 26.8 Å². The van der Waals surface area contributed by atoms with Crippen LogP contribution in [0.5, 0.6) is 0 Å². The first kappa shape index (κ1) is 11.6. The van der Waals surface area contributed by atoms with Gasteiger partial charge in [0.2, 0.25) is 0 Å². The summed E-state index contributed by atoms with van der Waals surface area (Å²) in [6.45, 7) is 6.69. The molecule has 0 saturated heterocycles. The quantitative estimate of drug-likeness (QED) is 0.829. The molecule has 1 heterocycles. The molecule has 0 aliphatic rings. The highest BCUT2D eigenvalue weighted by atomic mass is 16.2. The molecule has 0 unspecified atom stereocenters. The minimum Gasteiger partial charge on any atom is -0.328 e. The Balaban J connectivity index is 2.61. The molecular weight excluding hydrogens is 192 g/mol. The van der Waals surface area contributed by atoms with Gasteiger partial charge >= 0.3 is 6.03 Å². The van der Waals surface area contributed by atoms with Gasteiger partial charge < -0.3 is 10.2 Å². The molecule has 2 amide bonds. The van der Waals surface area contributed by atoms with Crippen LogP contribution in [0.2, 0.25) is 0 Å². The fourth-order valence-corrected chi connectivity index (χ4v) is 1.05. The van der Waals surface area contributed by atoms with Crippen LogP contribution in [-0.2, 0) is 0 Å². The van der Waals surface area contributed by atoms with E-state index in [1.807, 2.05) is 31.6 Å². The van der Waals surface area contributed by atoms with Crippen LogP contribution in [0.15, 0.2) is 12.4 Å². The van der Waals surface area contributed by atoms with E-state index < -0.39 is 0 Å². The van der Waals surface area contributed by atoms with Crippen LogP contribution in [0, 0.1) is 0 Å². The predicted octanol–water partition coefficient (Wildman–Crippen LogP) is 1.95. The van der Waals surface area contributed by atoms with Crippen molar-refractivity contribution in [1.29, 1.82) is 0 Å². The second-order valence-corrected chi connectivity index (χ2v) is 3.75. The lowest BCUT2D eigenvalue weighted by atomic mass is 10.4. The molecule has 5 heteroatoms. The van der Waals surface area contributed by atoms with Crippen molar-refractivity contribution in [3.8, 4) is 0 Å². The minimum atomic E-state index is -0.110. The number of aromatic nitrogens is 2. The number of hydrogen-bond acceptors (Lipinski definition) is 2. The van der Waals surface area contributed by atoms with Gasteiger partial charge in [-0.15, -0.1) is 0 Å². The highest BCUT2D eigenvalue weighted by Crippen LogP contribution is 2.10. The van der Waals surface area contributed by atoms with E-state index in [4.69, 9.17) is 0 Å². The molecule has 0 saturated carbocycles. The summed E-state index contributed by atoms with van der Waals surface area (Å²) in [6.07, 6.45) is 3.48. The molecule has 0 spiro atoms. The van der Waals surface area contributed by atoms with Gasteiger partial charge in [-0.3, -0.25) is 4.68 Å². The van der Waals surface area contributed by atoms with Crippen LogP contribution in [0.4, 0.5) is 10.5 Å². The van der Waals surface area contributed by atoms with Gasteiger partial charge in [-0.05, 0) is 20.8 Å². The van der Waals surface area contributed by atoms with Crippen LogP contribution in [0.25, 0.3) is 0 Å². The molecule has 84 valence electrons. The SMILES string of the molecule is CCN(C)C(=O)Nc1cnn(C(C)C)c1. The van der Waals surface area contributed by atoms with Gasteiger partial charge in [-0.1, -0.05) is 0 Å². The van der Waals surface area contributed by atoms with Crippen molar-refractivity contribution in [2.75, 3.05) is 18.9 Å². The van der Waals surface area contributed by atoms with Crippen LogP contribution in [0.1, 0.15) is 26.8 Å². The monoisotopic (exact) mass is 210 g/mol. The molecular formula is C10H18N4O. The molecule has 1 rings (SSSR count). The first-order valence-electron chi connectivity index (χ1n) is 5.10. The number of carbonyl (C=O) groups excluding carboxylic acids is 1. The lowest BCUT2D eigenvalue weighted by Crippen LogP contribution is -2.30. The molecule has 1 aromatic rings. The Morgan fingerprint density at radius 2 is 2.33 bits per heavy atom. The maximum Gasteiger partial charge on any atom is 0.321 e. The van der Waals surface area contributed by atoms with Crippen molar-refractivity contribution >= 4 is 11.7 Å². The molecule has 1 aromatic heterocycles. The summed E-state index contributed by atoms with van der Waals surface area (Å²) in [5.74, 6) is 0. The Bertz CT molecular complexity index is 332. The lowest BCUT2D eigenvalue weighted by Gasteiger charge is -2.14. The number of urea groups is 1. The van der Waals surface area contributed by atoms with Gasteiger partial charge in [0.25, 0.3) is 0 Å². The molecule has 0 aromatic carbocycles. The summed E-state index contributed by atoms with van der Waals surface area (Å²) in [4.78, 5) is 13.1. The van der Waals surface area contributed by atoms with Crippen molar-refractivity contribution in [2.24, 2.45) is 0 Å². The highest BCUT2D eigenvalue weighted by molar-refractivity contribution is 5.88. The van der Waals surface area contributed by atoms with Crippen molar-refractivity contribution in [3.05, 3.63) is 12.4 Å². The second kappa shape index (κ2) is 4.82. The smallest absolute Gasteiger partial charge is 0.321 e. The number of amides is 2. The topological polar surface area (TPSA) is 50.2 Å². The highest BCUT2D eigenvalue weighted by Gasteiger charge is 2.08. The van der Waals surface area contributed by atoms with Crippen molar-refractivity contribution < 1.29 is 4.79 Å². The van der Waals surface area contributed by atoms with Gasteiger partial charge in [-0.25, -0.2) is 4.79 Å². The van der Waals surface area contributed by atoms with Crippen molar-refractivity contribution in [3.63, 3.8) is 0 Å². The normalized spacial score (nSPS) is 10.5. The summed E-state index contributed by atoms with van der Waals surface area (Å²) in [7, 11) is 1.75. The third kappa shape index (κ3) is 2.97. The summed E-state index contributed by atoms with van der Waals surface area (Å²) in [5, 5.41) is 6.91. The van der Waals surface area contributed by atoms with E-state index in [0.29, 0.717) is 12.6 Å². The molecule has 5 nitrogen and oxygen atoms in total. The van der Waals surface area contributed by atoms with Gasteiger partial charge in [0.15, 0.2) is 0 Å². The average molecular weight is 210 g/mol. The van der Waals surface area contributed by atoms with Crippen LogP contribution in [0.3, 0.4) is 0 Å². The molecule has 0 atom stereocenters. The number of hydrogen-bond donors (Lipinski definition) is 1. The Morgan fingerprint density at radius 3 is 2.80 bits per heavy atom. The largest absolute Gasteiger partial charge is 0.328 e. The predicted molar refractivity (Wildman–Crippen MR) is 59.9 cm³/mol. The zero-order valence-corrected chi connectivity index (χ0v) is 9.69. The van der Waals surface area contributed by atoms with E-state index in [2.05, 4.69) is 10.4 Å². The maximum absolute atomic E-state index is 11.5. The number of rotatable bonds is 3. The Hall–Kier alpha value is -1.52. The first-order chi connectivity index (χ1) is 7.04. The van der Waals surface area contributed by atoms with Crippen LogP contribution >= 0.6 is 0 Å². The summed E-state index contributed by atoms with van der Waals surface area (Å²) in [5.41, 5.74) is 0.731. The number of carbonyl (C=O) groups is 1. The van der Waals surface area contributed by atoms with E-state index >= 15 is 0 Å². The van der Waals surface area contributed by atoms with E-state index in [0.717, 1.165) is 5.69 Å². The minimum absolute atomic E-state index is 0.110. The molecule has 0 aliphatic heterocycles. The second-order valence-electron chi connectivity index (χ2n) is 3.75.